The van der Waals surface area contributed by atoms with Crippen molar-refractivity contribution in [3.05, 3.63) is 29.8 Å². The number of azo groups is 1. The molecule has 0 saturated heterocycles. The molecule has 0 atom stereocenters. The number of aryl methyl sites for hydroxylation is 1. The number of carbonyl (C=O) groups is 2. The van der Waals surface area contributed by atoms with Gasteiger partial charge in [0.2, 0.25) is 0 Å². The first kappa shape index (κ1) is 17.8. The van der Waals surface area contributed by atoms with Gasteiger partial charge in [-0.05, 0) is 25.5 Å². The third kappa shape index (κ3) is 8.14. The largest absolute Gasteiger partial charge is 0.458 e. The molecule has 6 heteroatoms. The van der Waals surface area contributed by atoms with E-state index in [1.807, 2.05) is 6.92 Å². The van der Waals surface area contributed by atoms with Crippen molar-refractivity contribution in [3.8, 4) is 5.75 Å². The number of rotatable bonds is 7. The lowest BCUT2D eigenvalue weighted by atomic mass is 10.2. The standard InChI is InChI=1S/C16H22N2O4/c1-3-4-5-6-7-12-21-15(19)17-18-16(20)22-14-10-8-13(2)9-11-14/h8-11H,3-7,12H2,1-2H3. The maximum atomic E-state index is 11.4. The monoisotopic (exact) mass is 306 g/mol. The molecule has 0 fully saturated rings. The Morgan fingerprint density at radius 2 is 1.59 bits per heavy atom. The van der Waals surface area contributed by atoms with Crippen molar-refractivity contribution in [1.29, 1.82) is 0 Å². The van der Waals surface area contributed by atoms with Gasteiger partial charge in [0, 0.05) is 0 Å². The summed E-state index contributed by atoms with van der Waals surface area (Å²) < 4.78 is 9.71. The summed E-state index contributed by atoms with van der Waals surface area (Å²) in [5.41, 5.74) is 1.05. The Morgan fingerprint density at radius 1 is 0.955 bits per heavy atom. The molecule has 1 aromatic rings. The maximum Gasteiger partial charge on any atom is 0.458 e. The topological polar surface area (TPSA) is 77.3 Å². The first-order chi connectivity index (χ1) is 10.6. The zero-order chi connectivity index (χ0) is 16.2. The van der Waals surface area contributed by atoms with Gasteiger partial charge in [0.05, 0.1) is 6.61 Å². The first-order valence-electron chi connectivity index (χ1n) is 7.48. The van der Waals surface area contributed by atoms with E-state index in [9.17, 15) is 9.59 Å². The molecule has 0 N–H and O–H groups in total. The van der Waals surface area contributed by atoms with Crippen molar-refractivity contribution in [2.45, 2.75) is 46.0 Å². The zero-order valence-electron chi connectivity index (χ0n) is 13.1. The van der Waals surface area contributed by atoms with E-state index in [-0.39, 0.29) is 6.61 Å². The minimum atomic E-state index is -0.955. The van der Waals surface area contributed by atoms with E-state index in [2.05, 4.69) is 17.2 Å². The van der Waals surface area contributed by atoms with Crippen LogP contribution in [-0.4, -0.2) is 18.8 Å². The Hall–Kier alpha value is -2.24. The van der Waals surface area contributed by atoms with E-state index >= 15 is 0 Å². The summed E-state index contributed by atoms with van der Waals surface area (Å²) in [5.74, 6) is 0.346. The first-order valence-corrected chi connectivity index (χ1v) is 7.48. The molecule has 0 aliphatic rings. The van der Waals surface area contributed by atoms with Crippen LogP contribution in [0.5, 0.6) is 5.75 Å². The molecule has 120 valence electrons. The highest BCUT2D eigenvalue weighted by Gasteiger charge is 2.05. The summed E-state index contributed by atoms with van der Waals surface area (Å²) >= 11 is 0. The minimum absolute atomic E-state index is 0.286. The molecule has 0 bridgehead atoms. The summed E-state index contributed by atoms with van der Waals surface area (Å²) in [6.07, 6.45) is 3.43. The fraction of sp³-hybridized carbons (Fsp3) is 0.500. The second kappa shape index (κ2) is 10.5. The lowest BCUT2D eigenvalue weighted by molar-refractivity contribution is 0.151. The van der Waals surface area contributed by atoms with E-state index < -0.39 is 12.2 Å². The lowest BCUT2D eigenvalue weighted by Gasteiger charge is -2.01. The average Bonchev–Trinajstić information content (AvgIpc) is 2.51. The van der Waals surface area contributed by atoms with E-state index in [4.69, 9.17) is 9.47 Å². The highest BCUT2D eigenvalue weighted by molar-refractivity contribution is 5.74. The molecule has 1 rings (SSSR count). The van der Waals surface area contributed by atoms with Crippen molar-refractivity contribution in [2.24, 2.45) is 10.2 Å². The number of hydrogen-bond donors (Lipinski definition) is 0. The van der Waals surface area contributed by atoms with Crippen molar-refractivity contribution in [2.75, 3.05) is 6.61 Å². The van der Waals surface area contributed by atoms with E-state index in [0.717, 1.165) is 31.2 Å². The Kier molecular flexibility index (Phi) is 8.49. The van der Waals surface area contributed by atoms with Crippen LogP contribution in [0.15, 0.2) is 34.5 Å². The smallest absolute Gasteiger partial charge is 0.447 e. The van der Waals surface area contributed by atoms with E-state index in [1.54, 1.807) is 24.3 Å². The van der Waals surface area contributed by atoms with Crippen LogP contribution in [0.4, 0.5) is 9.59 Å². The van der Waals surface area contributed by atoms with Crippen LogP contribution in [0.3, 0.4) is 0 Å². The molecule has 0 unspecified atom stereocenters. The van der Waals surface area contributed by atoms with Gasteiger partial charge in [0.25, 0.3) is 0 Å². The highest BCUT2D eigenvalue weighted by atomic mass is 16.6. The van der Waals surface area contributed by atoms with Crippen LogP contribution in [-0.2, 0) is 4.74 Å². The Balaban J connectivity index is 2.21. The molecular formula is C16H22N2O4. The van der Waals surface area contributed by atoms with Gasteiger partial charge in [-0.15, -0.1) is 0 Å². The van der Waals surface area contributed by atoms with Crippen LogP contribution >= 0.6 is 0 Å². The van der Waals surface area contributed by atoms with Crippen molar-refractivity contribution in [3.63, 3.8) is 0 Å². The molecule has 0 heterocycles. The van der Waals surface area contributed by atoms with Crippen molar-refractivity contribution >= 4 is 12.2 Å². The summed E-state index contributed by atoms with van der Waals surface area (Å²) in [7, 11) is 0. The van der Waals surface area contributed by atoms with Gasteiger partial charge in [-0.2, -0.15) is 0 Å². The van der Waals surface area contributed by atoms with Crippen molar-refractivity contribution < 1.29 is 19.1 Å². The number of unbranched alkanes of at least 4 members (excludes halogenated alkanes) is 4. The molecule has 22 heavy (non-hydrogen) atoms. The number of carbonyl (C=O) groups excluding carboxylic acids is 2. The Bertz CT molecular complexity index is 497. The number of ether oxygens (including phenoxy) is 2. The van der Waals surface area contributed by atoms with Crippen LogP contribution in [0.2, 0.25) is 0 Å². The normalized spacial score (nSPS) is 10.6. The Labute approximate surface area is 130 Å². The maximum absolute atomic E-state index is 11.4. The number of hydrogen-bond acceptors (Lipinski definition) is 4. The highest BCUT2D eigenvalue weighted by Crippen LogP contribution is 2.12. The summed E-state index contributed by atoms with van der Waals surface area (Å²) in [6, 6.07) is 6.87. The van der Waals surface area contributed by atoms with Gasteiger partial charge in [-0.1, -0.05) is 60.5 Å². The zero-order valence-corrected chi connectivity index (χ0v) is 13.1. The minimum Gasteiger partial charge on any atom is -0.447 e. The molecule has 2 amide bonds. The Morgan fingerprint density at radius 3 is 2.27 bits per heavy atom. The van der Waals surface area contributed by atoms with Gasteiger partial charge in [0.1, 0.15) is 5.75 Å². The predicted molar refractivity (Wildman–Crippen MR) is 82.2 cm³/mol. The van der Waals surface area contributed by atoms with Gasteiger partial charge < -0.3 is 9.47 Å². The van der Waals surface area contributed by atoms with Gasteiger partial charge in [-0.3, -0.25) is 0 Å². The molecule has 0 aromatic heterocycles. The third-order valence-corrected chi connectivity index (χ3v) is 2.91. The summed E-state index contributed by atoms with van der Waals surface area (Å²) in [5, 5.41) is 6.32. The molecule has 0 saturated carbocycles. The van der Waals surface area contributed by atoms with Gasteiger partial charge in [-0.25, -0.2) is 9.59 Å². The van der Waals surface area contributed by atoms with Crippen LogP contribution < -0.4 is 4.74 Å². The van der Waals surface area contributed by atoms with Gasteiger partial charge in [0.15, 0.2) is 0 Å². The van der Waals surface area contributed by atoms with E-state index in [1.165, 1.54) is 6.42 Å². The van der Waals surface area contributed by atoms with Crippen LogP contribution in [0.1, 0.15) is 44.6 Å². The molecule has 6 nitrogen and oxygen atoms in total. The number of benzene rings is 1. The fourth-order valence-corrected chi connectivity index (χ4v) is 1.70. The molecule has 1 aromatic carbocycles. The molecule has 0 radical (unpaired) electrons. The predicted octanol–water partition coefficient (Wildman–Crippen LogP) is 5.05. The fourth-order valence-electron chi connectivity index (χ4n) is 1.70. The van der Waals surface area contributed by atoms with Crippen LogP contribution in [0, 0.1) is 6.92 Å². The van der Waals surface area contributed by atoms with Gasteiger partial charge >= 0.3 is 12.2 Å². The molecular weight excluding hydrogens is 284 g/mol. The van der Waals surface area contributed by atoms with Crippen LogP contribution in [0.25, 0.3) is 0 Å². The second-order valence-corrected chi connectivity index (χ2v) is 4.91. The number of nitrogens with zero attached hydrogens (tertiary/aromatic N) is 2. The second-order valence-electron chi connectivity index (χ2n) is 4.91. The summed E-state index contributed by atoms with van der Waals surface area (Å²) in [6.45, 7) is 4.34. The SMILES string of the molecule is CCCCCCCOC(=O)N=NC(=O)Oc1ccc(C)cc1. The summed E-state index contributed by atoms with van der Waals surface area (Å²) in [4.78, 5) is 22.6. The third-order valence-electron chi connectivity index (χ3n) is 2.91. The molecule has 0 aliphatic carbocycles. The molecule has 0 spiro atoms. The lowest BCUT2D eigenvalue weighted by Crippen LogP contribution is -2.04. The molecule has 0 aliphatic heterocycles. The quantitative estimate of drug-likeness (QED) is 0.521. The van der Waals surface area contributed by atoms with E-state index in [0.29, 0.717) is 5.75 Å². The van der Waals surface area contributed by atoms with Crippen molar-refractivity contribution in [1.82, 2.24) is 0 Å². The number of amides is 2. The average molecular weight is 306 g/mol.